The van der Waals surface area contributed by atoms with Gasteiger partial charge in [0.1, 0.15) is 5.82 Å². The minimum atomic E-state index is -0.276. The summed E-state index contributed by atoms with van der Waals surface area (Å²) in [7, 11) is 0. The molecule has 1 unspecified atom stereocenters. The van der Waals surface area contributed by atoms with E-state index in [-0.39, 0.29) is 24.2 Å². The number of halogens is 1. The molecule has 1 N–H and O–H groups in total. The molecular formula is C21H22FN5O2. The Morgan fingerprint density at radius 2 is 2.28 bits per heavy atom. The maximum Gasteiger partial charge on any atom is 0.227 e. The average molecular weight is 395 g/mol. The molecule has 3 heterocycles. The number of benzene rings is 1. The lowest BCUT2D eigenvalue weighted by molar-refractivity contribution is -0.134. The van der Waals surface area contributed by atoms with Crippen molar-refractivity contribution in [3.05, 3.63) is 65.6 Å². The van der Waals surface area contributed by atoms with Crippen LogP contribution in [-0.2, 0) is 11.2 Å². The van der Waals surface area contributed by atoms with E-state index < -0.39 is 0 Å². The van der Waals surface area contributed by atoms with E-state index in [1.165, 1.54) is 6.07 Å². The topological polar surface area (TPSA) is 84.2 Å². The zero-order valence-corrected chi connectivity index (χ0v) is 16.1. The van der Waals surface area contributed by atoms with Crippen molar-refractivity contribution in [2.75, 3.05) is 19.6 Å². The van der Waals surface area contributed by atoms with Crippen molar-refractivity contribution < 1.29 is 13.7 Å². The molecule has 1 aliphatic rings. The smallest absolute Gasteiger partial charge is 0.227 e. The number of carbonyl (C=O) groups is 1. The van der Waals surface area contributed by atoms with Gasteiger partial charge < -0.3 is 14.7 Å². The van der Waals surface area contributed by atoms with Crippen LogP contribution in [0.15, 0.2) is 47.2 Å². The van der Waals surface area contributed by atoms with Gasteiger partial charge in [-0.25, -0.2) is 4.39 Å². The lowest BCUT2D eigenvalue weighted by Crippen LogP contribution is -2.48. The third-order valence-electron chi connectivity index (χ3n) is 5.07. The first-order valence-corrected chi connectivity index (χ1v) is 9.61. The number of rotatable bonds is 5. The number of aromatic nitrogens is 3. The predicted molar refractivity (Wildman–Crippen MR) is 104 cm³/mol. The average Bonchev–Trinajstić information content (AvgIpc) is 3.24. The lowest BCUT2D eigenvalue weighted by atomic mass is 10.0. The molecule has 0 saturated carbocycles. The summed E-state index contributed by atoms with van der Waals surface area (Å²) >= 11 is 0. The van der Waals surface area contributed by atoms with Crippen LogP contribution >= 0.6 is 0 Å². The first-order chi connectivity index (χ1) is 14.1. The molecule has 8 heteroatoms. The molecule has 1 saturated heterocycles. The van der Waals surface area contributed by atoms with Crippen LogP contribution in [0, 0.1) is 12.7 Å². The lowest BCUT2D eigenvalue weighted by Gasteiger charge is -2.36. The summed E-state index contributed by atoms with van der Waals surface area (Å²) < 4.78 is 18.7. The second kappa shape index (κ2) is 8.48. The van der Waals surface area contributed by atoms with Crippen molar-refractivity contribution in [3.8, 4) is 11.4 Å². The summed E-state index contributed by atoms with van der Waals surface area (Å²) in [5, 5.41) is 7.29. The molecule has 7 nitrogen and oxygen atoms in total. The number of amides is 1. The van der Waals surface area contributed by atoms with Crippen molar-refractivity contribution >= 4 is 5.91 Å². The van der Waals surface area contributed by atoms with E-state index in [4.69, 9.17) is 4.52 Å². The molecule has 2 aromatic heterocycles. The minimum Gasteiger partial charge on any atom is -0.339 e. The predicted octanol–water partition coefficient (Wildman–Crippen LogP) is 2.68. The Bertz CT molecular complexity index is 992. The second-order valence-corrected chi connectivity index (χ2v) is 7.07. The van der Waals surface area contributed by atoms with Gasteiger partial charge in [-0.05, 0) is 42.3 Å². The van der Waals surface area contributed by atoms with E-state index in [1.807, 2.05) is 17.0 Å². The highest BCUT2D eigenvalue weighted by Crippen LogP contribution is 2.23. The van der Waals surface area contributed by atoms with Gasteiger partial charge in [0, 0.05) is 50.4 Å². The molecule has 0 radical (unpaired) electrons. The molecule has 1 aliphatic heterocycles. The third kappa shape index (κ3) is 4.32. The number of nitrogens with one attached hydrogen (secondary N) is 1. The fraction of sp³-hybridized carbons (Fsp3) is 0.333. The third-order valence-corrected chi connectivity index (χ3v) is 5.07. The first-order valence-electron chi connectivity index (χ1n) is 9.61. The summed E-state index contributed by atoms with van der Waals surface area (Å²) in [6.45, 7) is 3.79. The number of pyridine rings is 1. The van der Waals surface area contributed by atoms with Crippen molar-refractivity contribution in [1.29, 1.82) is 0 Å². The number of hydrogen-bond donors (Lipinski definition) is 1. The number of nitrogens with zero attached hydrogens (tertiary/aromatic N) is 4. The van der Waals surface area contributed by atoms with Crippen LogP contribution in [0.5, 0.6) is 0 Å². The quantitative estimate of drug-likeness (QED) is 0.715. The SMILES string of the molecule is Cc1cc(-c2noc(CCC(=O)N3CCNCC3c3cccnc3)n2)ccc1F. The summed E-state index contributed by atoms with van der Waals surface area (Å²) in [4.78, 5) is 23.3. The Morgan fingerprint density at radius 1 is 1.38 bits per heavy atom. The monoisotopic (exact) mass is 395 g/mol. The summed E-state index contributed by atoms with van der Waals surface area (Å²) in [5.41, 5.74) is 2.22. The van der Waals surface area contributed by atoms with Crippen LogP contribution < -0.4 is 5.32 Å². The fourth-order valence-corrected chi connectivity index (χ4v) is 3.49. The van der Waals surface area contributed by atoms with E-state index >= 15 is 0 Å². The van der Waals surface area contributed by atoms with Gasteiger partial charge in [-0.1, -0.05) is 11.2 Å². The molecule has 0 bridgehead atoms. The van der Waals surface area contributed by atoms with Gasteiger partial charge in [-0.15, -0.1) is 0 Å². The van der Waals surface area contributed by atoms with Gasteiger partial charge in [0.05, 0.1) is 6.04 Å². The minimum absolute atomic E-state index is 0.0367. The van der Waals surface area contributed by atoms with Gasteiger partial charge in [-0.2, -0.15) is 4.98 Å². The second-order valence-electron chi connectivity index (χ2n) is 7.07. The highest BCUT2D eigenvalue weighted by Gasteiger charge is 2.28. The van der Waals surface area contributed by atoms with Crippen LogP contribution in [0.1, 0.15) is 29.5 Å². The van der Waals surface area contributed by atoms with Crippen molar-refractivity contribution in [3.63, 3.8) is 0 Å². The zero-order valence-electron chi connectivity index (χ0n) is 16.1. The van der Waals surface area contributed by atoms with E-state index in [0.717, 1.165) is 12.1 Å². The van der Waals surface area contributed by atoms with Crippen LogP contribution in [0.3, 0.4) is 0 Å². The maximum atomic E-state index is 13.4. The highest BCUT2D eigenvalue weighted by atomic mass is 19.1. The van der Waals surface area contributed by atoms with Gasteiger partial charge in [0.15, 0.2) is 0 Å². The van der Waals surface area contributed by atoms with Crippen molar-refractivity contribution in [2.24, 2.45) is 0 Å². The van der Waals surface area contributed by atoms with E-state index in [1.54, 1.807) is 31.5 Å². The zero-order chi connectivity index (χ0) is 20.2. The summed E-state index contributed by atoms with van der Waals surface area (Å²) in [5.74, 6) is 0.550. The molecule has 0 spiro atoms. The summed E-state index contributed by atoms with van der Waals surface area (Å²) in [6, 6.07) is 8.50. The molecular weight excluding hydrogens is 373 g/mol. The van der Waals surface area contributed by atoms with Gasteiger partial charge in [-0.3, -0.25) is 9.78 Å². The maximum absolute atomic E-state index is 13.4. The highest BCUT2D eigenvalue weighted by molar-refractivity contribution is 5.77. The number of hydrogen-bond acceptors (Lipinski definition) is 6. The van der Waals surface area contributed by atoms with Crippen LogP contribution in [-0.4, -0.2) is 45.6 Å². The Kier molecular flexibility index (Phi) is 5.62. The number of aryl methyl sites for hydroxylation is 2. The molecule has 150 valence electrons. The van der Waals surface area contributed by atoms with E-state index in [0.29, 0.717) is 42.4 Å². The van der Waals surface area contributed by atoms with Crippen molar-refractivity contribution in [1.82, 2.24) is 25.3 Å². The molecule has 0 aliphatic carbocycles. The number of piperazine rings is 1. The van der Waals surface area contributed by atoms with E-state index in [9.17, 15) is 9.18 Å². The Hall–Kier alpha value is -3.13. The van der Waals surface area contributed by atoms with Gasteiger partial charge >= 0.3 is 0 Å². The Labute approximate surface area is 168 Å². The molecule has 29 heavy (non-hydrogen) atoms. The molecule has 4 rings (SSSR count). The van der Waals surface area contributed by atoms with Gasteiger partial charge in [0.25, 0.3) is 0 Å². The fourth-order valence-electron chi connectivity index (χ4n) is 3.49. The van der Waals surface area contributed by atoms with Crippen LogP contribution in [0.2, 0.25) is 0 Å². The molecule has 3 aromatic rings. The Balaban J connectivity index is 1.41. The largest absolute Gasteiger partial charge is 0.339 e. The molecule has 1 fully saturated rings. The van der Waals surface area contributed by atoms with E-state index in [2.05, 4.69) is 20.4 Å². The van der Waals surface area contributed by atoms with Gasteiger partial charge in [0.2, 0.25) is 17.6 Å². The normalized spacial score (nSPS) is 16.8. The molecule has 1 amide bonds. The molecule has 1 atom stereocenters. The van der Waals surface area contributed by atoms with Crippen molar-refractivity contribution in [2.45, 2.75) is 25.8 Å². The molecule has 1 aromatic carbocycles. The number of carbonyl (C=O) groups excluding carboxylic acids is 1. The van der Waals surface area contributed by atoms with Crippen LogP contribution in [0.4, 0.5) is 4.39 Å². The van der Waals surface area contributed by atoms with Crippen LogP contribution in [0.25, 0.3) is 11.4 Å². The first kappa shape index (κ1) is 19.2. The standard InChI is InChI=1S/C21H22FN5O2/c1-14-11-15(4-5-17(14)22)21-25-19(29-26-21)6-7-20(28)27-10-9-24-13-18(27)16-3-2-8-23-12-16/h2-5,8,11-12,18,24H,6-7,9-10,13H2,1H3. The Morgan fingerprint density at radius 3 is 3.07 bits per heavy atom. The summed E-state index contributed by atoms with van der Waals surface area (Å²) in [6.07, 6.45) is 4.16.